The summed E-state index contributed by atoms with van der Waals surface area (Å²) in [5.74, 6) is -0.985. The minimum atomic E-state index is -0.901. The zero-order chi connectivity index (χ0) is 8.43. The normalized spacial score (nSPS) is 10.0. The van der Waals surface area contributed by atoms with E-state index >= 15 is 0 Å². The fraction of sp³-hybridized carbons (Fsp3) is 0.333. The first-order chi connectivity index (χ1) is 5.15. The van der Waals surface area contributed by atoms with Crippen molar-refractivity contribution in [2.75, 3.05) is 0 Å². The van der Waals surface area contributed by atoms with Gasteiger partial charge in [-0.2, -0.15) is 9.97 Å². The van der Waals surface area contributed by atoms with E-state index in [2.05, 4.69) is 9.97 Å². The Morgan fingerprint density at radius 2 is 1.73 bits per heavy atom. The smallest absolute Gasteiger partial charge is 0.221 e. The third-order valence-electron chi connectivity index (χ3n) is 1.26. The molecule has 0 spiro atoms. The molecule has 0 atom stereocenters. The number of rotatable bonds is 1. The van der Waals surface area contributed by atoms with E-state index in [1.165, 1.54) is 6.92 Å². The Morgan fingerprint density at radius 1 is 1.27 bits per heavy atom. The molecule has 0 saturated heterocycles. The van der Waals surface area contributed by atoms with Crippen molar-refractivity contribution in [2.45, 2.75) is 13.6 Å². The second-order valence-electron chi connectivity index (χ2n) is 2.05. The van der Waals surface area contributed by atoms with Gasteiger partial charge in [0.05, 0.1) is 5.56 Å². The molecule has 0 aromatic carbocycles. The van der Waals surface area contributed by atoms with Gasteiger partial charge in [-0.3, -0.25) is 0 Å². The molecule has 0 bridgehead atoms. The van der Waals surface area contributed by atoms with E-state index in [0.717, 1.165) is 0 Å². The molecular weight excluding hydrogens is 151 g/mol. The van der Waals surface area contributed by atoms with Gasteiger partial charge < -0.3 is 10.2 Å². The minimum absolute atomic E-state index is 0.155. The van der Waals surface area contributed by atoms with E-state index in [-0.39, 0.29) is 23.1 Å². The summed E-state index contributed by atoms with van der Waals surface area (Å²) in [6.45, 7) is 0.536. The van der Waals surface area contributed by atoms with Gasteiger partial charge in [0, 0.05) is 0 Å². The van der Waals surface area contributed by atoms with Gasteiger partial charge in [-0.15, -0.1) is 0 Å². The molecule has 0 aliphatic rings. The SMILES string of the molecule is Cc1c(O)nc(CF)nc1O. The Kier molecular flexibility index (Phi) is 1.89. The molecule has 0 unspecified atom stereocenters. The van der Waals surface area contributed by atoms with E-state index in [0.29, 0.717) is 0 Å². The molecule has 0 amide bonds. The maximum absolute atomic E-state index is 11.9. The molecule has 0 aliphatic heterocycles. The Balaban J connectivity index is 3.21. The highest BCUT2D eigenvalue weighted by Gasteiger charge is 2.07. The summed E-state index contributed by atoms with van der Waals surface area (Å²) in [4.78, 5) is 6.72. The molecule has 5 heteroatoms. The van der Waals surface area contributed by atoms with Gasteiger partial charge in [0.1, 0.15) is 6.67 Å². The highest BCUT2D eigenvalue weighted by molar-refractivity contribution is 5.31. The number of hydrogen-bond acceptors (Lipinski definition) is 4. The van der Waals surface area contributed by atoms with Gasteiger partial charge in [-0.1, -0.05) is 0 Å². The Bertz CT molecular complexity index is 254. The first-order valence-corrected chi connectivity index (χ1v) is 2.96. The molecule has 4 nitrogen and oxygen atoms in total. The lowest BCUT2D eigenvalue weighted by Crippen LogP contribution is -1.93. The molecule has 60 valence electrons. The van der Waals surface area contributed by atoms with Crippen LogP contribution in [0.2, 0.25) is 0 Å². The fourth-order valence-corrected chi connectivity index (χ4v) is 0.597. The monoisotopic (exact) mass is 158 g/mol. The number of nitrogens with zero attached hydrogens (tertiary/aromatic N) is 2. The summed E-state index contributed by atoms with van der Waals surface area (Å²) in [5.41, 5.74) is 0.155. The van der Waals surface area contributed by atoms with Crippen LogP contribution in [0.1, 0.15) is 11.4 Å². The van der Waals surface area contributed by atoms with E-state index in [9.17, 15) is 4.39 Å². The summed E-state index contributed by atoms with van der Waals surface area (Å²) >= 11 is 0. The summed E-state index contributed by atoms with van der Waals surface area (Å²) in [5, 5.41) is 17.9. The average Bonchev–Trinajstić information content (AvgIpc) is 1.99. The minimum Gasteiger partial charge on any atom is -0.493 e. The fourth-order valence-electron chi connectivity index (χ4n) is 0.597. The van der Waals surface area contributed by atoms with Crippen molar-refractivity contribution in [3.8, 4) is 11.8 Å². The quantitative estimate of drug-likeness (QED) is 0.630. The van der Waals surface area contributed by atoms with Crippen molar-refractivity contribution in [3.63, 3.8) is 0 Å². The van der Waals surface area contributed by atoms with Crippen molar-refractivity contribution in [1.82, 2.24) is 9.97 Å². The number of aromatic nitrogens is 2. The lowest BCUT2D eigenvalue weighted by molar-refractivity contribution is 0.391. The zero-order valence-corrected chi connectivity index (χ0v) is 5.87. The van der Waals surface area contributed by atoms with Crippen LogP contribution in [0, 0.1) is 6.92 Å². The Morgan fingerprint density at radius 3 is 2.09 bits per heavy atom. The topological polar surface area (TPSA) is 66.2 Å². The number of hydrogen-bond donors (Lipinski definition) is 2. The van der Waals surface area contributed by atoms with Crippen LogP contribution in [0.25, 0.3) is 0 Å². The van der Waals surface area contributed by atoms with Crippen LogP contribution in [0.4, 0.5) is 4.39 Å². The molecule has 1 rings (SSSR count). The molecule has 0 radical (unpaired) electrons. The molecule has 1 heterocycles. The van der Waals surface area contributed by atoms with Crippen molar-refractivity contribution in [1.29, 1.82) is 0 Å². The summed E-state index contributed by atoms with van der Waals surface area (Å²) in [7, 11) is 0. The van der Waals surface area contributed by atoms with Gasteiger partial charge >= 0.3 is 0 Å². The maximum Gasteiger partial charge on any atom is 0.221 e. The van der Waals surface area contributed by atoms with Crippen molar-refractivity contribution < 1.29 is 14.6 Å². The number of aromatic hydroxyl groups is 2. The average molecular weight is 158 g/mol. The first-order valence-electron chi connectivity index (χ1n) is 2.96. The lowest BCUT2D eigenvalue weighted by atomic mass is 10.3. The third kappa shape index (κ3) is 1.36. The van der Waals surface area contributed by atoms with Crippen LogP contribution in [0.3, 0.4) is 0 Å². The highest BCUT2D eigenvalue weighted by Crippen LogP contribution is 2.20. The van der Waals surface area contributed by atoms with E-state index < -0.39 is 6.67 Å². The molecule has 1 aromatic rings. The molecule has 0 fully saturated rings. The van der Waals surface area contributed by atoms with Gasteiger partial charge in [0.2, 0.25) is 11.8 Å². The summed E-state index contributed by atoms with van der Waals surface area (Å²) < 4.78 is 11.9. The second kappa shape index (κ2) is 2.69. The second-order valence-corrected chi connectivity index (χ2v) is 2.05. The third-order valence-corrected chi connectivity index (χ3v) is 1.26. The van der Waals surface area contributed by atoms with E-state index in [1.54, 1.807) is 0 Å². The standard InChI is InChI=1S/C6H7FN2O2/c1-3-5(10)8-4(2-7)9-6(3)11/h2H2,1H3,(H2,8,9,10,11). The molecule has 11 heavy (non-hydrogen) atoms. The summed E-state index contributed by atoms with van der Waals surface area (Å²) in [6.07, 6.45) is 0. The largest absolute Gasteiger partial charge is 0.493 e. The van der Waals surface area contributed by atoms with Crippen molar-refractivity contribution in [2.24, 2.45) is 0 Å². The number of alkyl halides is 1. The maximum atomic E-state index is 11.9. The first kappa shape index (κ1) is 7.71. The lowest BCUT2D eigenvalue weighted by Gasteiger charge is -2.00. The summed E-state index contributed by atoms with van der Waals surface area (Å²) in [6, 6.07) is 0. The van der Waals surface area contributed by atoms with E-state index in [1.807, 2.05) is 0 Å². The number of halogens is 1. The van der Waals surface area contributed by atoms with Crippen LogP contribution in [0.15, 0.2) is 0 Å². The molecule has 0 saturated carbocycles. The van der Waals surface area contributed by atoms with Crippen molar-refractivity contribution in [3.05, 3.63) is 11.4 Å². The van der Waals surface area contributed by atoms with Gasteiger partial charge in [0.15, 0.2) is 5.82 Å². The molecule has 0 aliphatic carbocycles. The van der Waals surface area contributed by atoms with Crippen LogP contribution in [0.5, 0.6) is 11.8 Å². The predicted octanol–water partition coefficient (Wildman–Crippen LogP) is 0.666. The van der Waals surface area contributed by atoms with Crippen LogP contribution in [-0.2, 0) is 6.67 Å². The molecular formula is C6H7FN2O2. The van der Waals surface area contributed by atoms with Gasteiger partial charge in [-0.25, -0.2) is 4.39 Å². The molecule has 1 aromatic heterocycles. The highest BCUT2D eigenvalue weighted by atomic mass is 19.1. The van der Waals surface area contributed by atoms with Crippen LogP contribution >= 0.6 is 0 Å². The van der Waals surface area contributed by atoms with Gasteiger partial charge in [0.25, 0.3) is 0 Å². The zero-order valence-electron chi connectivity index (χ0n) is 5.87. The van der Waals surface area contributed by atoms with Gasteiger partial charge in [-0.05, 0) is 6.92 Å². The Hall–Kier alpha value is -1.39. The van der Waals surface area contributed by atoms with Crippen LogP contribution < -0.4 is 0 Å². The predicted molar refractivity (Wildman–Crippen MR) is 34.9 cm³/mol. The van der Waals surface area contributed by atoms with Crippen LogP contribution in [-0.4, -0.2) is 20.2 Å². The Labute approximate surface area is 62.4 Å². The molecule has 2 N–H and O–H groups in total. The van der Waals surface area contributed by atoms with Crippen molar-refractivity contribution >= 4 is 0 Å². The van der Waals surface area contributed by atoms with E-state index in [4.69, 9.17) is 10.2 Å².